The van der Waals surface area contributed by atoms with Crippen LogP contribution in [0.4, 0.5) is 0 Å². The first-order valence-electron chi connectivity index (χ1n) is 4.33. The standard InChI is InChI=1S/C10H11BrClN/c11-8-3-7(4-9(12)5-8)10(6-13)1-2-10/h3-5H,1-2,6,13H2. The van der Waals surface area contributed by atoms with Gasteiger partial charge >= 0.3 is 0 Å². The van der Waals surface area contributed by atoms with Gasteiger partial charge in [0.05, 0.1) is 0 Å². The van der Waals surface area contributed by atoms with E-state index in [4.69, 9.17) is 17.3 Å². The van der Waals surface area contributed by atoms with E-state index in [2.05, 4.69) is 22.0 Å². The molecule has 0 spiro atoms. The molecule has 0 heterocycles. The van der Waals surface area contributed by atoms with Gasteiger partial charge in [-0.1, -0.05) is 27.5 Å². The normalized spacial score (nSPS) is 18.7. The van der Waals surface area contributed by atoms with Gasteiger partial charge in [0.15, 0.2) is 0 Å². The summed E-state index contributed by atoms with van der Waals surface area (Å²) in [6.45, 7) is 0.722. The third kappa shape index (κ3) is 1.76. The molecule has 1 aromatic carbocycles. The molecule has 1 aliphatic rings. The molecule has 0 bridgehead atoms. The average molecular weight is 261 g/mol. The predicted molar refractivity (Wildman–Crippen MR) is 59.1 cm³/mol. The van der Waals surface area contributed by atoms with E-state index in [1.807, 2.05) is 12.1 Å². The number of nitrogens with two attached hydrogens (primary N) is 1. The lowest BCUT2D eigenvalue weighted by Gasteiger charge is -2.13. The minimum absolute atomic E-state index is 0.230. The van der Waals surface area contributed by atoms with Gasteiger partial charge in [-0.15, -0.1) is 0 Å². The summed E-state index contributed by atoms with van der Waals surface area (Å²) in [4.78, 5) is 0. The summed E-state index contributed by atoms with van der Waals surface area (Å²) in [7, 11) is 0. The van der Waals surface area contributed by atoms with Gasteiger partial charge in [-0.3, -0.25) is 0 Å². The van der Waals surface area contributed by atoms with Crippen molar-refractivity contribution in [2.45, 2.75) is 18.3 Å². The fourth-order valence-corrected chi connectivity index (χ4v) is 2.48. The predicted octanol–water partition coefficient (Wildman–Crippen LogP) is 3.09. The molecule has 3 heteroatoms. The smallest absolute Gasteiger partial charge is 0.0420 e. The highest BCUT2D eigenvalue weighted by Crippen LogP contribution is 2.48. The second-order valence-electron chi connectivity index (χ2n) is 3.64. The van der Waals surface area contributed by atoms with Crippen molar-refractivity contribution in [2.24, 2.45) is 5.73 Å². The summed E-state index contributed by atoms with van der Waals surface area (Å²) in [6.07, 6.45) is 2.38. The minimum atomic E-state index is 0.230. The maximum Gasteiger partial charge on any atom is 0.0420 e. The molecule has 2 rings (SSSR count). The van der Waals surface area contributed by atoms with E-state index >= 15 is 0 Å². The largest absolute Gasteiger partial charge is 0.330 e. The Balaban J connectivity index is 2.40. The van der Waals surface area contributed by atoms with Crippen LogP contribution in [0.15, 0.2) is 22.7 Å². The Kier molecular flexibility index (Phi) is 2.39. The van der Waals surface area contributed by atoms with Crippen molar-refractivity contribution in [3.63, 3.8) is 0 Å². The van der Waals surface area contributed by atoms with Gasteiger partial charge in [0.25, 0.3) is 0 Å². The Morgan fingerprint density at radius 1 is 1.38 bits per heavy atom. The first-order valence-corrected chi connectivity index (χ1v) is 5.50. The molecule has 13 heavy (non-hydrogen) atoms. The first-order chi connectivity index (χ1) is 6.16. The number of hydrogen-bond donors (Lipinski definition) is 1. The molecule has 0 aromatic heterocycles. The van der Waals surface area contributed by atoms with Crippen LogP contribution >= 0.6 is 27.5 Å². The van der Waals surface area contributed by atoms with E-state index in [0.29, 0.717) is 0 Å². The van der Waals surface area contributed by atoms with Crippen LogP contribution in [0, 0.1) is 0 Å². The zero-order valence-corrected chi connectivity index (χ0v) is 9.53. The maximum absolute atomic E-state index is 5.97. The van der Waals surface area contributed by atoms with Crippen LogP contribution in [0.25, 0.3) is 0 Å². The highest BCUT2D eigenvalue weighted by atomic mass is 79.9. The zero-order valence-electron chi connectivity index (χ0n) is 7.19. The lowest BCUT2D eigenvalue weighted by Crippen LogP contribution is -2.19. The Bertz CT molecular complexity index is 313. The summed E-state index contributed by atoms with van der Waals surface area (Å²) < 4.78 is 1.04. The van der Waals surface area contributed by atoms with Crippen molar-refractivity contribution in [1.29, 1.82) is 0 Å². The molecule has 0 atom stereocenters. The molecule has 70 valence electrons. The van der Waals surface area contributed by atoms with E-state index in [-0.39, 0.29) is 5.41 Å². The number of rotatable bonds is 2. The molecule has 0 aliphatic heterocycles. The van der Waals surface area contributed by atoms with Gasteiger partial charge in [0.1, 0.15) is 0 Å². The number of benzene rings is 1. The van der Waals surface area contributed by atoms with Gasteiger partial charge in [-0.2, -0.15) is 0 Å². The molecule has 0 unspecified atom stereocenters. The SMILES string of the molecule is NCC1(c2cc(Cl)cc(Br)c2)CC1. The van der Waals surface area contributed by atoms with Crippen molar-refractivity contribution < 1.29 is 0 Å². The van der Waals surface area contributed by atoms with Crippen molar-refractivity contribution in [3.8, 4) is 0 Å². The molecular weight excluding hydrogens is 249 g/mol. The van der Waals surface area contributed by atoms with Gasteiger partial charge in [-0.05, 0) is 36.6 Å². The molecule has 2 N–H and O–H groups in total. The second-order valence-corrected chi connectivity index (χ2v) is 4.99. The lowest BCUT2D eigenvalue weighted by molar-refractivity contribution is 0.704. The van der Waals surface area contributed by atoms with Gasteiger partial charge in [-0.25, -0.2) is 0 Å². The van der Waals surface area contributed by atoms with Crippen LogP contribution in [0.5, 0.6) is 0 Å². The fourth-order valence-electron chi connectivity index (χ4n) is 1.62. The van der Waals surface area contributed by atoms with E-state index in [9.17, 15) is 0 Å². The quantitative estimate of drug-likeness (QED) is 0.869. The average Bonchev–Trinajstić information content (AvgIpc) is 2.82. The topological polar surface area (TPSA) is 26.0 Å². The Morgan fingerprint density at radius 2 is 2.08 bits per heavy atom. The van der Waals surface area contributed by atoms with Crippen molar-refractivity contribution >= 4 is 27.5 Å². The van der Waals surface area contributed by atoms with Crippen molar-refractivity contribution in [3.05, 3.63) is 33.3 Å². The fraction of sp³-hybridized carbons (Fsp3) is 0.400. The van der Waals surface area contributed by atoms with E-state index in [0.717, 1.165) is 16.0 Å². The monoisotopic (exact) mass is 259 g/mol. The van der Waals surface area contributed by atoms with Crippen LogP contribution < -0.4 is 5.73 Å². The van der Waals surface area contributed by atoms with Gasteiger partial charge in [0.2, 0.25) is 0 Å². The maximum atomic E-state index is 5.97. The molecule has 0 saturated heterocycles. The summed E-state index contributed by atoms with van der Waals surface area (Å²) in [5, 5.41) is 0.782. The van der Waals surface area contributed by atoms with Crippen LogP contribution in [0.1, 0.15) is 18.4 Å². The summed E-state index contributed by atoms with van der Waals surface area (Å²) in [5.74, 6) is 0. The molecule has 1 aliphatic carbocycles. The molecule has 0 amide bonds. The molecule has 1 nitrogen and oxygen atoms in total. The van der Waals surface area contributed by atoms with Crippen molar-refractivity contribution in [2.75, 3.05) is 6.54 Å². The summed E-state index contributed by atoms with van der Waals surface area (Å²) in [5.41, 5.74) is 7.24. The Hall–Kier alpha value is -0.0500. The highest BCUT2D eigenvalue weighted by Gasteiger charge is 2.42. The van der Waals surface area contributed by atoms with Crippen LogP contribution in [0.3, 0.4) is 0 Å². The molecule has 1 fully saturated rings. The highest BCUT2D eigenvalue weighted by molar-refractivity contribution is 9.10. The molecular formula is C10H11BrClN. The molecule has 1 aromatic rings. The summed E-state index contributed by atoms with van der Waals surface area (Å²) in [6, 6.07) is 6.04. The van der Waals surface area contributed by atoms with Crippen LogP contribution in [-0.2, 0) is 5.41 Å². The third-order valence-corrected chi connectivity index (χ3v) is 3.40. The third-order valence-electron chi connectivity index (χ3n) is 2.72. The van der Waals surface area contributed by atoms with E-state index in [1.165, 1.54) is 18.4 Å². The number of hydrogen-bond acceptors (Lipinski definition) is 1. The molecule has 0 radical (unpaired) electrons. The Morgan fingerprint density at radius 3 is 2.54 bits per heavy atom. The molecule has 1 saturated carbocycles. The van der Waals surface area contributed by atoms with E-state index in [1.54, 1.807) is 0 Å². The zero-order chi connectivity index (χ0) is 9.47. The Labute approximate surface area is 91.4 Å². The number of halogens is 2. The summed E-state index contributed by atoms with van der Waals surface area (Å²) >= 11 is 9.41. The second kappa shape index (κ2) is 3.26. The van der Waals surface area contributed by atoms with E-state index < -0.39 is 0 Å². The van der Waals surface area contributed by atoms with Crippen LogP contribution in [0.2, 0.25) is 5.02 Å². The van der Waals surface area contributed by atoms with Gasteiger partial charge in [0, 0.05) is 21.5 Å². The first kappa shape index (κ1) is 9.50. The van der Waals surface area contributed by atoms with Crippen molar-refractivity contribution in [1.82, 2.24) is 0 Å². The van der Waals surface area contributed by atoms with Gasteiger partial charge < -0.3 is 5.73 Å². The van der Waals surface area contributed by atoms with Crippen LogP contribution in [-0.4, -0.2) is 6.54 Å². The minimum Gasteiger partial charge on any atom is -0.330 e. The lowest BCUT2D eigenvalue weighted by atomic mass is 9.96.